The first-order valence-electron chi connectivity index (χ1n) is 8.44. The number of likely N-dealkylation sites (tertiary alicyclic amines) is 1. The van der Waals surface area contributed by atoms with Gasteiger partial charge in [-0.05, 0) is 49.6 Å². The van der Waals surface area contributed by atoms with Crippen molar-refractivity contribution >= 4 is 27.7 Å². The summed E-state index contributed by atoms with van der Waals surface area (Å²) in [4.78, 5) is 27.0. The molecule has 5 heteroatoms. The lowest BCUT2D eigenvalue weighted by molar-refractivity contribution is -0.125. The van der Waals surface area contributed by atoms with Crippen LogP contribution in [-0.2, 0) is 11.3 Å². The van der Waals surface area contributed by atoms with E-state index in [2.05, 4.69) is 27.3 Å². The zero-order valence-corrected chi connectivity index (χ0v) is 15.8. The Balaban J connectivity index is 1.65. The number of carbonyl (C=O) groups is 2. The van der Waals surface area contributed by atoms with Crippen LogP contribution in [0.2, 0.25) is 0 Å². The summed E-state index contributed by atoms with van der Waals surface area (Å²) < 4.78 is 0.929. The third-order valence-electron chi connectivity index (χ3n) is 4.46. The molecule has 0 radical (unpaired) electrons. The van der Waals surface area contributed by atoms with Crippen molar-refractivity contribution in [3.05, 3.63) is 69.7 Å². The van der Waals surface area contributed by atoms with E-state index in [1.165, 1.54) is 5.56 Å². The van der Waals surface area contributed by atoms with Crippen LogP contribution >= 0.6 is 15.9 Å². The van der Waals surface area contributed by atoms with Crippen molar-refractivity contribution in [2.45, 2.75) is 32.4 Å². The fourth-order valence-electron chi connectivity index (χ4n) is 3.17. The number of rotatable bonds is 4. The Labute approximate surface area is 156 Å². The normalized spacial score (nSPS) is 16.7. The van der Waals surface area contributed by atoms with Crippen molar-refractivity contribution in [2.75, 3.05) is 6.54 Å². The SMILES string of the molecule is Cc1cccc(CNC(=O)C2CCCN2C(=O)c2ccc(Br)cc2)c1. The van der Waals surface area contributed by atoms with E-state index < -0.39 is 0 Å². The average molecular weight is 401 g/mol. The Morgan fingerprint density at radius 3 is 2.68 bits per heavy atom. The molecule has 1 fully saturated rings. The van der Waals surface area contributed by atoms with Gasteiger partial charge in [0.25, 0.3) is 5.91 Å². The minimum atomic E-state index is -0.388. The van der Waals surface area contributed by atoms with Crippen molar-refractivity contribution in [2.24, 2.45) is 0 Å². The molecule has 1 heterocycles. The molecular weight excluding hydrogens is 380 g/mol. The summed E-state index contributed by atoms with van der Waals surface area (Å²) in [7, 11) is 0. The molecule has 0 aromatic heterocycles. The minimum Gasteiger partial charge on any atom is -0.350 e. The lowest BCUT2D eigenvalue weighted by Gasteiger charge is -2.24. The first kappa shape index (κ1) is 17.7. The Kier molecular flexibility index (Phi) is 5.53. The van der Waals surface area contributed by atoms with Gasteiger partial charge < -0.3 is 10.2 Å². The standard InChI is InChI=1S/C20H21BrN2O2/c1-14-4-2-5-15(12-14)13-22-19(24)18-6-3-11-23(18)20(25)16-7-9-17(21)10-8-16/h2,4-5,7-10,12,18H,3,6,11,13H2,1H3,(H,22,24). The topological polar surface area (TPSA) is 49.4 Å². The van der Waals surface area contributed by atoms with Gasteiger partial charge in [-0.1, -0.05) is 45.8 Å². The van der Waals surface area contributed by atoms with Crippen molar-refractivity contribution in [3.8, 4) is 0 Å². The van der Waals surface area contributed by atoms with E-state index in [0.29, 0.717) is 25.1 Å². The van der Waals surface area contributed by atoms with Gasteiger partial charge in [-0.2, -0.15) is 0 Å². The second-order valence-electron chi connectivity index (χ2n) is 6.37. The number of halogens is 1. The molecule has 2 amide bonds. The fourth-order valence-corrected chi connectivity index (χ4v) is 3.43. The molecule has 1 N–H and O–H groups in total. The van der Waals surface area contributed by atoms with Gasteiger partial charge in [0.15, 0.2) is 0 Å². The third-order valence-corrected chi connectivity index (χ3v) is 4.99. The largest absolute Gasteiger partial charge is 0.350 e. The molecule has 3 rings (SSSR count). The number of aryl methyl sites for hydroxylation is 1. The van der Waals surface area contributed by atoms with E-state index >= 15 is 0 Å². The smallest absolute Gasteiger partial charge is 0.254 e. The summed E-state index contributed by atoms with van der Waals surface area (Å²) in [6.45, 7) is 3.13. The molecule has 0 bridgehead atoms. The quantitative estimate of drug-likeness (QED) is 0.850. The van der Waals surface area contributed by atoms with Crippen molar-refractivity contribution in [1.82, 2.24) is 10.2 Å². The van der Waals surface area contributed by atoms with Crippen LogP contribution < -0.4 is 5.32 Å². The second-order valence-corrected chi connectivity index (χ2v) is 7.29. The van der Waals surface area contributed by atoms with Crippen LogP contribution in [0.5, 0.6) is 0 Å². The highest BCUT2D eigenvalue weighted by Gasteiger charge is 2.34. The maximum absolute atomic E-state index is 12.7. The highest BCUT2D eigenvalue weighted by atomic mass is 79.9. The number of carbonyl (C=O) groups excluding carboxylic acids is 2. The van der Waals surface area contributed by atoms with Gasteiger partial charge in [0, 0.05) is 23.1 Å². The Morgan fingerprint density at radius 1 is 1.20 bits per heavy atom. The van der Waals surface area contributed by atoms with Gasteiger partial charge in [-0.3, -0.25) is 9.59 Å². The summed E-state index contributed by atoms with van der Waals surface area (Å²) in [5.74, 6) is -0.162. The molecule has 4 nitrogen and oxygen atoms in total. The zero-order valence-electron chi connectivity index (χ0n) is 14.2. The summed E-state index contributed by atoms with van der Waals surface area (Å²) >= 11 is 3.37. The third kappa shape index (κ3) is 4.28. The van der Waals surface area contributed by atoms with Gasteiger partial charge in [0.05, 0.1) is 0 Å². The van der Waals surface area contributed by atoms with Gasteiger partial charge in [-0.15, -0.1) is 0 Å². The van der Waals surface area contributed by atoms with E-state index in [1.54, 1.807) is 17.0 Å². The summed E-state index contributed by atoms with van der Waals surface area (Å²) in [5.41, 5.74) is 2.85. The van der Waals surface area contributed by atoms with Gasteiger partial charge in [0.1, 0.15) is 6.04 Å². The van der Waals surface area contributed by atoms with Crippen molar-refractivity contribution in [3.63, 3.8) is 0 Å². The van der Waals surface area contributed by atoms with Crippen molar-refractivity contribution in [1.29, 1.82) is 0 Å². The molecule has 1 atom stereocenters. The molecule has 1 saturated heterocycles. The minimum absolute atomic E-state index is 0.0792. The van der Waals surface area contributed by atoms with Crippen LogP contribution in [-0.4, -0.2) is 29.3 Å². The van der Waals surface area contributed by atoms with E-state index in [-0.39, 0.29) is 17.9 Å². The molecule has 2 aromatic rings. The highest BCUT2D eigenvalue weighted by molar-refractivity contribution is 9.10. The lowest BCUT2D eigenvalue weighted by Crippen LogP contribution is -2.45. The summed E-state index contributed by atoms with van der Waals surface area (Å²) in [6.07, 6.45) is 1.56. The number of hydrogen-bond acceptors (Lipinski definition) is 2. The predicted molar refractivity (Wildman–Crippen MR) is 101 cm³/mol. The van der Waals surface area contributed by atoms with Crippen LogP contribution in [0.4, 0.5) is 0 Å². The predicted octanol–water partition coefficient (Wildman–Crippen LogP) is 3.68. The van der Waals surface area contributed by atoms with Gasteiger partial charge in [0.2, 0.25) is 5.91 Å². The molecule has 1 unspecified atom stereocenters. The van der Waals surface area contributed by atoms with Gasteiger partial charge >= 0.3 is 0 Å². The summed E-state index contributed by atoms with van der Waals surface area (Å²) in [6, 6.07) is 14.9. The fraction of sp³-hybridized carbons (Fsp3) is 0.300. The molecule has 0 spiro atoms. The Hall–Kier alpha value is -2.14. The highest BCUT2D eigenvalue weighted by Crippen LogP contribution is 2.21. The van der Waals surface area contributed by atoms with Crippen molar-refractivity contribution < 1.29 is 9.59 Å². The monoisotopic (exact) mass is 400 g/mol. The van der Waals surface area contributed by atoms with E-state index in [0.717, 1.165) is 16.5 Å². The molecule has 130 valence electrons. The molecule has 1 aliphatic heterocycles. The second kappa shape index (κ2) is 7.83. The Bertz CT molecular complexity index is 774. The number of nitrogens with one attached hydrogen (secondary N) is 1. The summed E-state index contributed by atoms with van der Waals surface area (Å²) in [5, 5.41) is 2.97. The first-order valence-corrected chi connectivity index (χ1v) is 9.24. The average Bonchev–Trinajstić information content (AvgIpc) is 3.09. The molecule has 1 aliphatic rings. The van der Waals surface area contributed by atoms with E-state index in [4.69, 9.17) is 0 Å². The van der Waals surface area contributed by atoms with Gasteiger partial charge in [-0.25, -0.2) is 0 Å². The van der Waals surface area contributed by atoms with Crippen LogP contribution in [0.1, 0.15) is 34.3 Å². The molecular formula is C20H21BrN2O2. The number of hydrogen-bond donors (Lipinski definition) is 1. The Morgan fingerprint density at radius 2 is 1.96 bits per heavy atom. The number of benzene rings is 2. The number of amides is 2. The molecule has 2 aromatic carbocycles. The zero-order chi connectivity index (χ0) is 17.8. The van der Waals surface area contributed by atoms with Crippen LogP contribution in [0.3, 0.4) is 0 Å². The van der Waals surface area contributed by atoms with E-state index in [1.807, 2.05) is 37.3 Å². The molecule has 0 aliphatic carbocycles. The first-order chi connectivity index (χ1) is 12.0. The lowest BCUT2D eigenvalue weighted by atomic mass is 10.1. The van der Waals surface area contributed by atoms with Crippen LogP contribution in [0.15, 0.2) is 53.0 Å². The maximum atomic E-state index is 12.7. The number of nitrogens with zero attached hydrogens (tertiary/aromatic N) is 1. The van der Waals surface area contributed by atoms with E-state index in [9.17, 15) is 9.59 Å². The molecule has 25 heavy (non-hydrogen) atoms. The van der Waals surface area contributed by atoms with Crippen LogP contribution in [0, 0.1) is 6.92 Å². The van der Waals surface area contributed by atoms with Crippen LogP contribution in [0.25, 0.3) is 0 Å². The maximum Gasteiger partial charge on any atom is 0.254 e. The molecule has 0 saturated carbocycles.